The lowest BCUT2D eigenvalue weighted by Crippen LogP contribution is -2.31. The van der Waals surface area contributed by atoms with Crippen molar-refractivity contribution in [3.05, 3.63) is 23.0 Å². The van der Waals surface area contributed by atoms with E-state index in [2.05, 4.69) is 4.98 Å². The van der Waals surface area contributed by atoms with Crippen LogP contribution in [0.2, 0.25) is 5.02 Å². The number of hydrogen-bond acceptors (Lipinski definition) is 5. The normalized spacial score (nSPS) is 22.9. The highest BCUT2D eigenvalue weighted by atomic mass is 35.5. The molecule has 24 heavy (non-hydrogen) atoms. The van der Waals surface area contributed by atoms with Crippen molar-refractivity contribution in [3.63, 3.8) is 0 Å². The number of aromatic nitrogens is 1. The lowest BCUT2D eigenvalue weighted by atomic mass is 9.97. The summed E-state index contributed by atoms with van der Waals surface area (Å²) < 4.78 is 32.1. The van der Waals surface area contributed by atoms with Gasteiger partial charge in [-0.05, 0) is 37.8 Å². The minimum absolute atomic E-state index is 0.00349. The van der Waals surface area contributed by atoms with Gasteiger partial charge in [-0.25, -0.2) is 13.4 Å². The molecule has 2 aromatic rings. The quantitative estimate of drug-likeness (QED) is 0.867. The third-order valence-corrected chi connectivity index (χ3v) is 7.13. The minimum Gasteiger partial charge on any atom is -0.439 e. The van der Waals surface area contributed by atoms with Crippen LogP contribution in [0.25, 0.3) is 11.1 Å². The highest BCUT2D eigenvalue weighted by molar-refractivity contribution is 7.92. The number of hydrogen-bond donors (Lipinski definition) is 1. The molecular weight excluding hydrogens is 350 g/mol. The SMILES string of the molecule is CC(C)(C)c1nc2ccc(Cl)c(S(=O)(=O)[C@@H]3CCC[C@@H](O)C3)c2o1. The molecule has 1 saturated carbocycles. The Morgan fingerprint density at radius 3 is 2.62 bits per heavy atom. The van der Waals surface area contributed by atoms with Crippen LogP contribution in [-0.2, 0) is 15.3 Å². The van der Waals surface area contributed by atoms with Crippen molar-refractivity contribution in [1.82, 2.24) is 4.98 Å². The molecule has 7 heteroatoms. The standard InChI is InChI=1S/C17H22ClNO4S/c1-17(2,3)16-19-13-8-7-12(18)15(14(13)23-16)24(21,22)11-6-4-5-10(20)9-11/h7-8,10-11,20H,4-6,9H2,1-3H3/t10-,11-/m1/s1. The summed E-state index contributed by atoms with van der Waals surface area (Å²) in [6.07, 6.45) is 1.49. The van der Waals surface area contributed by atoms with E-state index < -0.39 is 21.2 Å². The van der Waals surface area contributed by atoms with Crippen molar-refractivity contribution in [3.8, 4) is 0 Å². The molecule has 0 radical (unpaired) electrons. The number of oxazole rings is 1. The lowest BCUT2D eigenvalue weighted by Gasteiger charge is -2.25. The van der Waals surface area contributed by atoms with Crippen LogP contribution in [0.4, 0.5) is 0 Å². The molecule has 1 heterocycles. The predicted molar refractivity (Wildman–Crippen MR) is 93.2 cm³/mol. The zero-order valence-electron chi connectivity index (χ0n) is 14.0. The maximum Gasteiger partial charge on any atom is 0.200 e. The first-order valence-electron chi connectivity index (χ1n) is 8.12. The van der Waals surface area contributed by atoms with Crippen molar-refractivity contribution in [2.45, 2.75) is 68.1 Å². The fourth-order valence-electron chi connectivity index (χ4n) is 3.10. The van der Waals surface area contributed by atoms with Gasteiger partial charge in [0, 0.05) is 5.41 Å². The highest BCUT2D eigenvalue weighted by Crippen LogP contribution is 2.38. The Morgan fingerprint density at radius 1 is 1.29 bits per heavy atom. The molecule has 2 atom stereocenters. The Bertz CT molecular complexity index is 867. The van der Waals surface area contributed by atoms with Crippen molar-refractivity contribution in [2.75, 3.05) is 0 Å². The van der Waals surface area contributed by atoms with Gasteiger partial charge in [0.1, 0.15) is 10.4 Å². The summed E-state index contributed by atoms with van der Waals surface area (Å²) in [6.45, 7) is 5.85. The van der Waals surface area contributed by atoms with Crippen LogP contribution < -0.4 is 0 Å². The summed E-state index contributed by atoms with van der Waals surface area (Å²) in [5, 5.41) is 9.34. The van der Waals surface area contributed by atoms with E-state index in [1.165, 1.54) is 0 Å². The summed E-state index contributed by atoms with van der Waals surface area (Å²) in [5.41, 5.74) is 0.361. The predicted octanol–water partition coefficient (Wildman–Crippen LogP) is 3.86. The molecule has 1 aliphatic rings. The van der Waals surface area contributed by atoms with E-state index in [1.54, 1.807) is 12.1 Å². The molecule has 3 rings (SSSR count). The highest BCUT2D eigenvalue weighted by Gasteiger charge is 2.36. The third-order valence-electron chi connectivity index (χ3n) is 4.43. The Balaban J connectivity index is 2.17. The summed E-state index contributed by atoms with van der Waals surface area (Å²) >= 11 is 6.24. The van der Waals surface area contributed by atoms with Gasteiger partial charge in [0.2, 0.25) is 5.89 Å². The zero-order chi connectivity index (χ0) is 17.7. The van der Waals surface area contributed by atoms with E-state index in [1.807, 2.05) is 20.8 Å². The van der Waals surface area contributed by atoms with E-state index in [0.717, 1.165) is 0 Å². The van der Waals surface area contributed by atoms with Gasteiger partial charge in [-0.15, -0.1) is 0 Å². The van der Waals surface area contributed by atoms with Gasteiger partial charge in [-0.3, -0.25) is 0 Å². The summed E-state index contributed by atoms with van der Waals surface area (Å²) in [5.74, 6) is 0.472. The Kier molecular flexibility index (Phi) is 4.43. The summed E-state index contributed by atoms with van der Waals surface area (Å²) in [6, 6.07) is 3.22. The van der Waals surface area contributed by atoms with E-state index in [0.29, 0.717) is 30.7 Å². The van der Waals surface area contributed by atoms with E-state index in [9.17, 15) is 13.5 Å². The average molecular weight is 372 g/mol. The number of fused-ring (bicyclic) bond motifs is 1. The number of rotatable bonds is 2. The molecule has 1 aromatic heterocycles. The fraction of sp³-hybridized carbons (Fsp3) is 0.588. The van der Waals surface area contributed by atoms with Gasteiger partial charge >= 0.3 is 0 Å². The van der Waals surface area contributed by atoms with Gasteiger partial charge in [0.05, 0.1) is 16.4 Å². The first-order chi connectivity index (χ1) is 11.1. The Labute approximate surface area is 146 Å². The molecule has 1 fully saturated rings. The Morgan fingerprint density at radius 2 is 2.00 bits per heavy atom. The number of aliphatic hydroxyl groups is 1. The largest absolute Gasteiger partial charge is 0.439 e. The molecule has 0 spiro atoms. The number of aliphatic hydroxyl groups excluding tert-OH is 1. The van der Waals surface area contributed by atoms with Crippen molar-refractivity contribution in [2.24, 2.45) is 0 Å². The first kappa shape index (κ1) is 17.7. The molecule has 0 bridgehead atoms. The fourth-order valence-corrected chi connectivity index (χ4v) is 5.60. The van der Waals surface area contributed by atoms with Crippen LogP contribution >= 0.6 is 11.6 Å². The summed E-state index contributed by atoms with van der Waals surface area (Å²) in [7, 11) is -3.71. The molecule has 0 amide bonds. The van der Waals surface area contributed by atoms with Crippen LogP contribution in [0.15, 0.2) is 21.4 Å². The van der Waals surface area contributed by atoms with E-state index in [4.69, 9.17) is 16.0 Å². The van der Waals surface area contributed by atoms with E-state index in [-0.39, 0.29) is 27.3 Å². The lowest BCUT2D eigenvalue weighted by molar-refractivity contribution is 0.131. The third kappa shape index (κ3) is 3.07. The van der Waals surface area contributed by atoms with Crippen molar-refractivity contribution < 1.29 is 17.9 Å². The van der Waals surface area contributed by atoms with Gasteiger partial charge in [-0.2, -0.15) is 0 Å². The van der Waals surface area contributed by atoms with Gasteiger partial charge in [0.15, 0.2) is 15.4 Å². The second-order valence-corrected chi connectivity index (χ2v) is 10.1. The molecule has 1 aliphatic carbocycles. The van der Waals surface area contributed by atoms with Gasteiger partial charge in [0.25, 0.3) is 0 Å². The van der Waals surface area contributed by atoms with Gasteiger partial charge in [-0.1, -0.05) is 32.4 Å². The molecule has 5 nitrogen and oxygen atoms in total. The molecule has 0 saturated heterocycles. The number of halogens is 1. The maximum absolute atomic E-state index is 13.1. The van der Waals surface area contributed by atoms with Crippen LogP contribution in [0.5, 0.6) is 0 Å². The van der Waals surface area contributed by atoms with E-state index >= 15 is 0 Å². The van der Waals surface area contributed by atoms with Crippen LogP contribution in [0, 0.1) is 0 Å². The molecule has 1 aromatic carbocycles. The van der Waals surface area contributed by atoms with Crippen LogP contribution in [0.3, 0.4) is 0 Å². The van der Waals surface area contributed by atoms with Gasteiger partial charge < -0.3 is 9.52 Å². The topological polar surface area (TPSA) is 80.4 Å². The molecule has 0 aliphatic heterocycles. The average Bonchev–Trinajstić information content (AvgIpc) is 2.90. The smallest absolute Gasteiger partial charge is 0.200 e. The molecule has 1 N–H and O–H groups in total. The van der Waals surface area contributed by atoms with Crippen LogP contribution in [-0.4, -0.2) is 29.9 Å². The number of nitrogens with zero attached hydrogens (tertiary/aromatic N) is 1. The second kappa shape index (κ2) is 6.00. The Hall–Kier alpha value is -1.11. The number of benzene rings is 1. The van der Waals surface area contributed by atoms with Crippen molar-refractivity contribution in [1.29, 1.82) is 0 Å². The monoisotopic (exact) mass is 371 g/mol. The van der Waals surface area contributed by atoms with Crippen molar-refractivity contribution >= 4 is 32.5 Å². The molecule has 132 valence electrons. The van der Waals surface area contributed by atoms with Crippen LogP contribution in [0.1, 0.15) is 52.3 Å². The zero-order valence-corrected chi connectivity index (χ0v) is 15.6. The maximum atomic E-state index is 13.1. The summed E-state index contributed by atoms with van der Waals surface area (Å²) in [4.78, 5) is 4.42. The number of sulfone groups is 1. The molecular formula is C17H22ClNO4S. The molecule has 0 unspecified atom stereocenters. The first-order valence-corrected chi connectivity index (χ1v) is 10.0. The second-order valence-electron chi connectivity index (χ2n) is 7.48. The minimum atomic E-state index is -3.71.